The largest absolute Gasteiger partial charge is 2.00 e. The fraction of sp³-hybridized carbons (Fsp3) is 0.188. The van der Waals surface area contributed by atoms with Gasteiger partial charge in [0.2, 0.25) is 0 Å². The van der Waals surface area contributed by atoms with Gasteiger partial charge in [-0.05, 0) is 86.3 Å². The number of hydrogen-bond acceptors (Lipinski definition) is 6. The monoisotopic (exact) mass is 684 g/mol. The first-order valence-electron chi connectivity index (χ1n) is 12.8. The topological polar surface area (TPSA) is 104 Å². The molecule has 0 saturated heterocycles. The second kappa shape index (κ2) is 16.8. The molecule has 4 rings (SSSR count). The fourth-order valence-electron chi connectivity index (χ4n) is 4.10. The number of carboxylic acid groups (broad SMARTS) is 2. The Kier molecular flexibility index (Phi) is 14.5. The molecule has 0 unspecified atom stereocenters. The number of aliphatic carboxylic acids is 2. The van der Waals surface area contributed by atoms with Crippen molar-refractivity contribution in [3.63, 3.8) is 0 Å². The molecule has 6 nitrogen and oxygen atoms in total. The molecular weight excluding hydrogens is 658 g/mol. The summed E-state index contributed by atoms with van der Waals surface area (Å²) in [6, 6.07) is 18.1. The summed E-state index contributed by atoms with van der Waals surface area (Å²) in [6.07, 6.45) is -0.317. The molecule has 220 valence electrons. The first-order valence-corrected chi connectivity index (χ1v) is 14.3. The van der Waals surface area contributed by atoms with Crippen LogP contribution in [0.15, 0.2) is 60.7 Å². The Balaban J connectivity index is 0.000000293. The molecular formula is C32H28CaCl4N2O4. The van der Waals surface area contributed by atoms with Crippen molar-refractivity contribution in [1.82, 2.24) is 0 Å². The molecule has 0 aromatic heterocycles. The molecule has 0 heterocycles. The van der Waals surface area contributed by atoms with Gasteiger partial charge < -0.3 is 30.4 Å². The molecule has 4 aromatic carbocycles. The summed E-state index contributed by atoms with van der Waals surface area (Å²) in [5.74, 6) is -2.25. The van der Waals surface area contributed by atoms with Crippen LogP contribution >= 0.6 is 46.4 Å². The molecule has 0 fully saturated rings. The Hall–Kier alpha value is -2.16. The average molecular weight is 686 g/mol. The SMILES string of the molecule is Cc1ccc(Nc2ccc(Cl)c(C)c2Cl)c(CC(=O)[O-])c1.Cc1ccc(Nc2ccc(Cl)c(C)c2Cl)c(CC(=O)[O-])c1.[Ca+2]. The molecule has 2 N–H and O–H groups in total. The average Bonchev–Trinajstić information content (AvgIpc) is 2.91. The number of carboxylic acids is 2. The Morgan fingerprint density at radius 2 is 0.907 bits per heavy atom. The van der Waals surface area contributed by atoms with Crippen molar-refractivity contribution >= 4 is 119 Å². The Bertz CT molecular complexity index is 1530. The van der Waals surface area contributed by atoms with Crippen LogP contribution in [-0.2, 0) is 22.4 Å². The summed E-state index contributed by atoms with van der Waals surface area (Å²) < 4.78 is 0. The zero-order valence-electron chi connectivity index (χ0n) is 24.0. The van der Waals surface area contributed by atoms with E-state index in [0.717, 1.165) is 22.3 Å². The van der Waals surface area contributed by atoms with Gasteiger partial charge in [-0.15, -0.1) is 0 Å². The number of nitrogens with one attached hydrogen (secondary N) is 2. The van der Waals surface area contributed by atoms with Crippen LogP contribution in [0.3, 0.4) is 0 Å². The van der Waals surface area contributed by atoms with Gasteiger partial charge in [-0.1, -0.05) is 81.8 Å². The van der Waals surface area contributed by atoms with Gasteiger partial charge in [0.05, 0.1) is 21.4 Å². The van der Waals surface area contributed by atoms with Crippen molar-refractivity contribution < 1.29 is 19.8 Å². The molecule has 0 radical (unpaired) electrons. The van der Waals surface area contributed by atoms with E-state index >= 15 is 0 Å². The number of benzene rings is 4. The molecule has 11 heteroatoms. The van der Waals surface area contributed by atoms with Crippen molar-refractivity contribution in [1.29, 1.82) is 0 Å². The number of hydrogen-bond donors (Lipinski definition) is 2. The maximum atomic E-state index is 10.9. The van der Waals surface area contributed by atoms with Crippen molar-refractivity contribution in [2.75, 3.05) is 10.6 Å². The van der Waals surface area contributed by atoms with E-state index in [1.165, 1.54) is 0 Å². The second-order valence-electron chi connectivity index (χ2n) is 9.74. The van der Waals surface area contributed by atoms with E-state index in [1.807, 2.05) is 64.1 Å². The summed E-state index contributed by atoms with van der Waals surface area (Å²) in [6.45, 7) is 7.46. The van der Waals surface area contributed by atoms with Crippen molar-refractivity contribution in [2.45, 2.75) is 40.5 Å². The fourth-order valence-corrected chi connectivity index (χ4v) is 4.93. The Labute approximate surface area is 301 Å². The first-order chi connectivity index (χ1) is 19.8. The molecule has 0 spiro atoms. The predicted molar refractivity (Wildman–Crippen MR) is 174 cm³/mol. The van der Waals surface area contributed by atoms with Crippen LogP contribution in [0.25, 0.3) is 0 Å². The number of carbonyl (C=O) groups excluding carboxylic acids is 2. The molecule has 0 saturated carbocycles. The number of rotatable bonds is 8. The maximum absolute atomic E-state index is 10.9. The van der Waals surface area contributed by atoms with E-state index in [1.54, 1.807) is 24.3 Å². The molecule has 0 amide bonds. The van der Waals surface area contributed by atoms with Crippen LogP contribution in [0.2, 0.25) is 20.1 Å². The molecule has 0 bridgehead atoms. The molecule has 43 heavy (non-hydrogen) atoms. The van der Waals surface area contributed by atoms with E-state index in [0.29, 0.717) is 54.0 Å². The van der Waals surface area contributed by atoms with Crippen LogP contribution in [0.4, 0.5) is 22.7 Å². The van der Waals surface area contributed by atoms with Crippen LogP contribution in [0.5, 0.6) is 0 Å². The van der Waals surface area contributed by atoms with E-state index in [2.05, 4.69) is 10.6 Å². The molecule has 0 aliphatic carbocycles. The smallest absolute Gasteiger partial charge is 0.550 e. The standard InChI is InChI=1S/2C16H15Cl2NO2.Ca/c2*1-9-3-5-13(11(7-9)8-15(20)21)19-14-6-4-12(17)10(2)16(14)18;/h2*3-7,19H,8H2,1-2H3,(H,20,21);/q;;+2/p-2. The number of carbonyl (C=O) groups is 2. The van der Waals surface area contributed by atoms with Gasteiger partial charge in [0.25, 0.3) is 0 Å². The summed E-state index contributed by atoms with van der Waals surface area (Å²) in [5, 5.41) is 30.3. The van der Waals surface area contributed by atoms with Gasteiger partial charge >= 0.3 is 37.7 Å². The number of halogens is 4. The van der Waals surface area contributed by atoms with Crippen molar-refractivity contribution in [2.24, 2.45) is 0 Å². The van der Waals surface area contributed by atoms with Gasteiger partial charge in [-0.2, -0.15) is 0 Å². The third-order valence-electron chi connectivity index (χ3n) is 6.37. The maximum Gasteiger partial charge on any atom is 2.00 e. The summed E-state index contributed by atoms with van der Waals surface area (Å²) in [4.78, 5) is 21.7. The van der Waals surface area contributed by atoms with Crippen LogP contribution in [0.1, 0.15) is 33.4 Å². The Morgan fingerprint density at radius 1 is 0.581 bits per heavy atom. The number of aryl methyl sites for hydroxylation is 2. The van der Waals surface area contributed by atoms with E-state index in [-0.39, 0.29) is 50.6 Å². The predicted octanol–water partition coefficient (Wildman–Crippen LogP) is 6.91. The third-order valence-corrected chi connectivity index (χ3v) is 8.16. The van der Waals surface area contributed by atoms with Crippen LogP contribution in [-0.4, -0.2) is 49.7 Å². The van der Waals surface area contributed by atoms with Gasteiger partial charge in [0.1, 0.15) is 0 Å². The van der Waals surface area contributed by atoms with E-state index in [4.69, 9.17) is 46.4 Å². The van der Waals surface area contributed by atoms with Crippen molar-refractivity contribution in [3.05, 3.63) is 114 Å². The molecule has 0 aliphatic rings. The quantitative estimate of drug-likeness (QED) is 0.195. The van der Waals surface area contributed by atoms with Gasteiger partial charge in [0.15, 0.2) is 0 Å². The summed E-state index contributed by atoms with van der Waals surface area (Å²) in [7, 11) is 0. The summed E-state index contributed by atoms with van der Waals surface area (Å²) >= 11 is 24.5. The van der Waals surface area contributed by atoms with Gasteiger partial charge in [-0.25, -0.2) is 0 Å². The molecule has 4 aromatic rings. The minimum absolute atomic E-state index is 0. The number of anilines is 4. The normalized spacial score (nSPS) is 10.2. The Morgan fingerprint density at radius 3 is 1.23 bits per heavy atom. The zero-order valence-corrected chi connectivity index (χ0v) is 29.3. The van der Waals surface area contributed by atoms with Gasteiger partial charge in [0, 0.05) is 46.2 Å². The molecule has 0 aliphatic heterocycles. The van der Waals surface area contributed by atoms with Crippen LogP contribution < -0.4 is 20.8 Å². The van der Waals surface area contributed by atoms with Crippen LogP contribution in [0, 0.1) is 27.7 Å². The first kappa shape index (κ1) is 37.0. The van der Waals surface area contributed by atoms with Gasteiger partial charge in [-0.3, -0.25) is 0 Å². The van der Waals surface area contributed by atoms with E-state index in [9.17, 15) is 19.8 Å². The molecule has 0 atom stereocenters. The minimum atomic E-state index is -1.12. The van der Waals surface area contributed by atoms with E-state index < -0.39 is 11.9 Å². The summed E-state index contributed by atoms with van der Waals surface area (Å²) in [5.41, 5.74) is 7.56. The second-order valence-corrected chi connectivity index (χ2v) is 11.3. The minimum Gasteiger partial charge on any atom is -0.550 e. The zero-order chi connectivity index (χ0) is 31.1. The van der Waals surface area contributed by atoms with Crippen molar-refractivity contribution in [3.8, 4) is 0 Å². The third kappa shape index (κ3) is 10.5.